The molecule has 0 saturated heterocycles. The number of aromatic nitrogens is 1. The van der Waals surface area contributed by atoms with E-state index < -0.39 is 0 Å². The zero-order chi connectivity index (χ0) is 16.2. The Kier molecular flexibility index (Phi) is 4.89. The van der Waals surface area contributed by atoms with Crippen LogP contribution in [0.3, 0.4) is 0 Å². The largest absolute Gasteiger partial charge is 0.497 e. The predicted molar refractivity (Wildman–Crippen MR) is 93.1 cm³/mol. The van der Waals surface area contributed by atoms with Gasteiger partial charge in [-0.1, -0.05) is 19.3 Å². The minimum atomic E-state index is 0.0293. The lowest BCUT2D eigenvalue weighted by molar-refractivity contribution is -0.118. The lowest BCUT2D eigenvalue weighted by Gasteiger charge is -2.22. The first-order valence-corrected chi connectivity index (χ1v) is 8.62. The summed E-state index contributed by atoms with van der Waals surface area (Å²) in [6.45, 7) is 2.25. The average Bonchev–Trinajstić information content (AvgIpc) is 2.93. The van der Waals surface area contributed by atoms with Crippen molar-refractivity contribution in [2.75, 3.05) is 13.7 Å². The molecular formula is C19H26N2O2. The SMILES string of the molecule is COc1ccc2[nH]c(C3CCCCC3)c(CCNC(C)=O)c2c1. The summed E-state index contributed by atoms with van der Waals surface area (Å²) < 4.78 is 5.39. The van der Waals surface area contributed by atoms with Crippen molar-refractivity contribution in [1.29, 1.82) is 0 Å². The summed E-state index contributed by atoms with van der Waals surface area (Å²) in [6.07, 6.45) is 7.36. The van der Waals surface area contributed by atoms with Gasteiger partial charge in [-0.05, 0) is 48.9 Å². The number of carbonyl (C=O) groups excluding carboxylic acids is 1. The third kappa shape index (κ3) is 3.52. The first-order valence-electron chi connectivity index (χ1n) is 8.62. The van der Waals surface area contributed by atoms with Crippen molar-refractivity contribution in [2.45, 2.75) is 51.4 Å². The van der Waals surface area contributed by atoms with Gasteiger partial charge in [-0.25, -0.2) is 0 Å². The molecule has 0 radical (unpaired) electrons. The Labute approximate surface area is 137 Å². The zero-order valence-corrected chi connectivity index (χ0v) is 14.1. The fraction of sp³-hybridized carbons (Fsp3) is 0.526. The molecule has 0 aliphatic heterocycles. The van der Waals surface area contributed by atoms with Crippen molar-refractivity contribution in [3.05, 3.63) is 29.5 Å². The summed E-state index contributed by atoms with van der Waals surface area (Å²) in [4.78, 5) is 14.8. The van der Waals surface area contributed by atoms with Crippen LogP contribution in [0.2, 0.25) is 0 Å². The van der Waals surface area contributed by atoms with Gasteiger partial charge in [0.2, 0.25) is 5.91 Å². The van der Waals surface area contributed by atoms with Crippen LogP contribution >= 0.6 is 0 Å². The molecule has 1 aliphatic rings. The van der Waals surface area contributed by atoms with Crippen molar-refractivity contribution in [1.82, 2.24) is 10.3 Å². The highest BCUT2D eigenvalue weighted by molar-refractivity contribution is 5.86. The van der Waals surface area contributed by atoms with E-state index in [1.54, 1.807) is 14.0 Å². The van der Waals surface area contributed by atoms with Gasteiger partial charge in [-0.15, -0.1) is 0 Å². The fourth-order valence-electron chi connectivity index (χ4n) is 3.75. The van der Waals surface area contributed by atoms with Gasteiger partial charge in [0.05, 0.1) is 7.11 Å². The van der Waals surface area contributed by atoms with Gasteiger partial charge in [0.1, 0.15) is 5.75 Å². The van der Waals surface area contributed by atoms with Crippen LogP contribution in [0.15, 0.2) is 18.2 Å². The Balaban J connectivity index is 1.96. The summed E-state index contributed by atoms with van der Waals surface area (Å²) in [5, 5.41) is 4.15. The minimum Gasteiger partial charge on any atom is -0.497 e. The van der Waals surface area contributed by atoms with E-state index in [4.69, 9.17) is 4.74 Å². The molecule has 2 aromatic rings. The quantitative estimate of drug-likeness (QED) is 0.879. The number of hydrogen-bond acceptors (Lipinski definition) is 2. The number of amides is 1. The molecule has 124 valence electrons. The Morgan fingerprint density at radius 2 is 2.09 bits per heavy atom. The highest BCUT2D eigenvalue weighted by Gasteiger charge is 2.22. The number of ether oxygens (including phenoxy) is 1. The van der Waals surface area contributed by atoms with Gasteiger partial charge in [0.15, 0.2) is 0 Å². The summed E-state index contributed by atoms with van der Waals surface area (Å²) in [5.41, 5.74) is 3.89. The molecule has 0 spiro atoms. The minimum absolute atomic E-state index is 0.0293. The van der Waals surface area contributed by atoms with Gasteiger partial charge in [0, 0.05) is 30.1 Å². The molecular weight excluding hydrogens is 288 g/mol. The number of fused-ring (bicyclic) bond motifs is 1. The number of rotatable bonds is 5. The molecule has 4 nitrogen and oxygen atoms in total. The third-order valence-electron chi connectivity index (χ3n) is 4.91. The summed E-state index contributed by atoms with van der Waals surface area (Å²) in [6, 6.07) is 6.21. The third-order valence-corrected chi connectivity index (χ3v) is 4.91. The van der Waals surface area contributed by atoms with E-state index in [9.17, 15) is 4.79 Å². The second-order valence-corrected chi connectivity index (χ2v) is 6.50. The average molecular weight is 314 g/mol. The lowest BCUT2D eigenvalue weighted by Crippen LogP contribution is -2.22. The van der Waals surface area contributed by atoms with E-state index in [1.165, 1.54) is 54.3 Å². The van der Waals surface area contributed by atoms with Crippen molar-refractivity contribution >= 4 is 16.8 Å². The first kappa shape index (κ1) is 15.9. The topological polar surface area (TPSA) is 54.1 Å². The maximum atomic E-state index is 11.2. The molecule has 1 amide bonds. The second kappa shape index (κ2) is 7.07. The number of nitrogens with one attached hydrogen (secondary N) is 2. The van der Waals surface area contributed by atoms with E-state index in [1.807, 2.05) is 6.07 Å². The van der Waals surface area contributed by atoms with Crippen LogP contribution in [0, 0.1) is 0 Å². The van der Waals surface area contributed by atoms with Gasteiger partial charge < -0.3 is 15.0 Å². The van der Waals surface area contributed by atoms with Gasteiger partial charge in [0.25, 0.3) is 0 Å². The maximum absolute atomic E-state index is 11.2. The summed E-state index contributed by atoms with van der Waals surface area (Å²) in [7, 11) is 1.70. The molecule has 1 aromatic heterocycles. The maximum Gasteiger partial charge on any atom is 0.216 e. The Bertz CT molecular complexity index is 684. The molecule has 1 aliphatic carbocycles. The highest BCUT2D eigenvalue weighted by Crippen LogP contribution is 2.37. The monoisotopic (exact) mass is 314 g/mol. The van der Waals surface area contributed by atoms with Crippen LogP contribution in [0.25, 0.3) is 10.9 Å². The molecule has 4 heteroatoms. The van der Waals surface area contributed by atoms with Crippen LogP contribution in [0.5, 0.6) is 5.75 Å². The molecule has 0 unspecified atom stereocenters. The number of H-pyrrole nitrogens is 1. The van der Waals surface area contributed by atoms with Crippen LogP contribution in [-0.4, -0.2) is 24.5 Å². The highest BCUT2D eigenvalue weighted by atomic mass is 16.5. The number of hydrogen-bond donors (Lipinski definition) is 2. The Morgan fingerprint density at radius 3 is 2.78 bits per heavy atom. The molecule has 0 atom stereocenters. The van der Waals surface area contributed by atoms with E-state index in [-0.39, 0.29) is 5.91 Å². The summed E-state index contributed by atoms with van der Waals surface area (Å²) >= 11 is 0. The van der Waals surface area contributed by atoms with Crippen molar-refractivity contribution in [3.8, 4) is 5.75 Å². The van der Waals surface area contributed by atoms with E-state index in [2.05, 4.69) is 22.4 Å². The molecule has 0 bridgehead atoms. The molecule has 1 aromatic carbocycles. The molecule has 23 heavy (non-hydrogen) atoms. The van der Waals surface area contributed by atoms with Gasteiger partial charge >= 0.3 is 0 Å². The molecule has 1 fully saturated rings. The first-order chi connectivity index (χ1) is 11.2. The molecule has 1 saturated carbocycles. The smallest absolute Gasteiger partial charge is 0.216 e. The zero-order valence-electron chi connectivity index (χ0n) is 14.1. The Morgan fingerprint density at radius 1 is 1.30 bits per heavy atom. The van der Waals surface area contributed by atoms with Crippen LogP contribution in [-0.2, 0) is 11.2 Å². The number of benzene rings is 1. The van der Waals surface area contributed by atoms with Crippen molar-refractivity contribution < 1.29 is 9.53 Å². The Hall–Kier alpha value is -1.97. The number of carbonyl (C=O) groups is 1. The predicted octanol–water partition coefficient (Wildman–Crippen LogP) is 3.90. The fourth-order valence-corrected chi connectivity index (χ4v) is 3.75. The summed E-state index contributed by atoms with van der Waals surface area (Å²) in [5.74, 6) is 1.53. The number of aromatic amines is 1. The van der Waals surface area contributed by atoms with E-state index in [0.717, 1.165) is 12.2 Å². The lowest BCUT2D eigenvalue weighted by atomic mass is 9.85. The number of methoxy groups -OCH3 is 1. The normalized spacial score (nSPS) is 15.7. The van der Waals surface area contributed by atoms with Crippen LogP contribution < -0.4 is 10.1 Å². The molecule has 1 heterocycles. The molecule has 2 N–H and O–H groups in total. The van der Waals surface area contributed by atoms with E-state index in [0.29, 0.717) is 12.5 Å². The van der Waals surface area contributed by atoms with Gasteiger partial charge in [-0.3, -0.25) is 4.79 Å². The van der Waals surface area contributed by atoms with Crippen LogP contribution in [0.4, 0.5) is 0 Å². The molecule has 3 rings (SSSR count). The second-order valence-electron chi connectivity index (χ2n) is 6.50. The van der Waals surface area contributed by atoms with E-state index >= 15 is 0 Å². The standard InChI is InChI=1S/C19H26N2O2/c1-13(22)20-11-10-16-17-12-15(23-2)8-9-18(17)21-19(16)14-6-4-3-5-7-14/h8-9,12,14,21H,3-7,10-11H2,1-2H3,(H,20,22). The van der Waals surface area contributed by atoms with Crippen molar-refractivity contribution in [2.24, 2.45) is 0 Å². The van der Waals surface area contributed by atoms with Crippen molar-refractivity contribution in [3.63, 3.8) is 0 Å². The van der Waals surface area contributed by atoms with Gasteiger partial charge in [-0.2, -0.15) is 0 Å². The van der Waals surface area contributed by atoms with Crippen LogP contribution in [0.1, 0.15) is 56.2 Å².